The van der Waals surface area contributed by atoms with Crippen molar-refractivity contribution < 1.29 is 13.2 Å². The summed E-state index contributed by atoms with van der Waals surface area (Å²) < 4.78 is 27.4. The van der Waals surface area contributed by atoms with E-state index < -0.39 is 10.0 Å². The maximum absolute atomic E-state index is 12.9. The molecule has 0 radical (unpaired) electrons. The molecule has 0 aliphatic carbocycles. The van der Waals surface area contributed by atoms with E-state index in [0.29, 0.717) is 41.7 Å². The second kappa shape index (κ2) is 8.68. The highest BCUT2D eigenvalue weighted by Crippen LogP contribution is 2.33. The first-order valence-corrected chi connectivity index (χ1v) is 12.6. The number of sulfonamides is 1. The van der Waals surface area contributed by atoms with E-state index in [4.69, 9.17) is 11.6 Å². The minimum Gasteiger partial charge on any atom is -0.311 e. The summed E-state index contributed by atoms with van der Waals surface area (Å²) in [5, 5.41) is 0.649. The molecule has 29 heavy (non-hydrogen) atoms. The Labute approximate surface area is 181 Å². The Morgan fingerprint density at radius 3 is 2.59 bits per heavy atom. The van der Waals surface area contributed by atoms with Crippen LogP contribution in [0, 0.1) is 0 Å². The summed E-state index contributed by atoms with van der Waals surface area (Å²) in [6, 6.07) is 12.6. The summed E-state index contributed by atoms with van der Waals surface area (Å²) in [4.78, 5) is 15.8. The smallest absolute Gasteiger partial charge is 0.243 e. The number of benzene rings is 2. The topological polar surface area (TPSA) is 57.7 Å². The molecule has 0 spiro atoms. The van der Waals surface area contributed by atoms with Crippen molar-refractivity contribution >= 4 is 45.0 Å². The molecule has 154 valence electrons. The van der Waals surface area contributed by atoms with Gasteiger partial charge in [0.25, 0.3) is 0 Å². The minimum absolute atomic E-state index is 0.0142. The number of anilines is 1. The van der Waals surface area contributed by atoms with Crippen molar-refractivity contribution in [3.05, 3.63) is 53.1 Å². The first kappa shape index (κ1) is 20.7. The van der Waals surface area contributed by atoms with E-state index in [1.807, 2.05) is 18.2 Å². The monoisotopic (exact) mass is 450 g/mol. The van der Waals surface area contributed by atoms with Crippen molar-refractivity contribution in [1.82, 2.24) is 4.31 Å². The quantitative estimate of drug-likeness (QED) is 0.640. The molecule has 2 aliphatic heterocycles. The molecule has 0 bridgehead atoms. The zero-order chi connectivity index (χ0) is 20.4. The summed E-state index contributed by atoms with van der Waals surface area (Å²) in [5.74, 6) is 0.327. The van der Waals surface area contributed by atoms with E-state index in [9.17, 15) is 13.2 Å². The van der Waals surface area contributed by atoms with E-state index in [0.717, 1.165) is 35.4 Å². The Hall–Kier alpha value is -1.54. The predicted octanol–water partition coefficient (Wildman–Crippen LogP) is 4.20. The Morgan fingerprint density at radius 2 is 1.83 bits per heavy atom. The summed E-state index contributed by atoms with van der Waals surface area (Å²) >= 11 is 7.45. The van der Waals surface area contributed by atoms with Crippen LogP contribution in [-0.4, -0.2) is 44.0 Å². The molecule has 5 nitrogen and oxygen atoms in total. The van der Waals surface area contributed by atoms with Gasteiger partial charge in [0.15, 0.2) is 0 Å². The third kappa shape index (κ3) is 4.48. The van der Waals surface area contributed by atoms with Crippen molar-refractivity contribution in [2.24, 2.45) is 0 Å². The zero-order valence-electron chi connectivity index (χ0n) is 16.0. The summed E-state index contributed by atoms with van der Waals surface area (Å²) in [6.45, 7) is 1.76. The van der Waals surface area contributed by atoms with Crippen LogP contribution in [0.4, 0.5) is 5.69 Å². The van der Waals surface area contributed by atoms with Crippen molar-refractivity contribution in [2.45, 2.75) is 35.5 Å². The van der Waals surface area contributed by atoms with Gasteiger partial charge in [0.2, 0.25) is 15.9 Å². The lowest BCUT2D eigenvalue weighted by molar-refractivity contribution is -0.116. The van der Waals surface area contributed by atoms with Crippen LogP contribution in [0.25, 0.3) is 0 Å². The Kier molecular flexibility index (Phi) is 6.20. The number of thioether (sulfide) groups is 1. The number of carbonyl (C=O) groups excluding carboxylic acids is 1. The van der Waals surface area contributed by atoms with E-state index >= 15 is 0 Å². The molecule has 2 aromatic rings. The van der Waals surface area contributed by atoms with Gasteiger partial charge in [-0.05, 0) is 61.2 Å². The van der Waals surface area contributed by atoms with Crippen molar-refractivity contribution in [3.8, 4) is 0 Å². The van der Waals surface area contributed by atoms with E-state index in [1.54, 1.807) is 33.5 Å². The molecule has 0 atom stereocenters. The molecule has 2 heterocycles. The van der Waals surface area contributed by atoms with Gasteiger partial charge in [-0.3, -0.25) is 4.79 Å². The van der Waals surface area contributed by atoms with Crippen LogP contribution in [0.1, 0.15) is 24.8 Å². The largest absolute Gasteiger partial charge is 0.311 e. The van der Waals surface area contributed by atoms with Crippen LogP contribution in [0.2, 0.25) is 5.02 Å². The maximum Gasteiger partial charge on any atom is 0.243 e. The van der Waals surface area contributed by atoms with Gasteiger partial charge in [0.05, 0.1) is 10.6 Å². The second-order valence-corrected chi connectivity index (χ2v) is 10.7. The molecule has 1 fully saturated rings. The van der Waals surface area contributed by atoms with Crippen molar-refractivity contribution in [2.75, 3.05) is 30.3 Å². The van der Waals surface area contributed by atoms with E-state index in [1.165, 1.54) is 11.8 Å². The van der Waals surface area contributed by atoms with Crippen LogP contribution in [0.5, 0.6) is 0 Å². The number of hydrogen-bond acceptors (Lipinski definition) is 4. The molecule has 0 saturated carbocycles. The standard InChI is InChI=1S/C21H23ClN2O3S2/c22-17-5-4-6-18(14-17)28-15-21(25)24-12-9-16-13-19(7-8-20(16)24)29(26,27)23-10-2-1-3-11-23/h4-8,13-14H,1-3,9-12,15H2. The number of nitrogens with zero attached hydrogens (tertiary/aromatic N) is 2. The van der Waals surface area contributed by atoms with Gasteiger partial charge in [-0.1, -0.05) is 24.1 Å². The first-order valence-electron chi connectivity index (χ1n) is 9.77. The number of hydrogen-bond donors (Lipinski definition) is 0. The first-order chi connectivity index (χ1) is 13.9. The SMILES string of the molecule is O=C(CSc1cccc(Cl)c1)N1CCc2cc(S(=O)(=O)N3CCCCC3)ccc21. The molecule has 2 aromatic carbocycles. The number of halogens is 1. The summed E-state index contributed by atoms with van der Waals surface area (Å²) in [5.41, 5.74) is 1.74. The number of amides is 1. The molecular weight excluding hydrogens is 428 g/mol. The highest BCUT2D eigenvalue weighted by molar-refractivity contribution is 8.00. The average molecular weight is 451 g/mol. The van der Waals surface area contributed by atoms with Crippen molar-refractivity contribution in [1.29, 1.82) is 0 Å². The summed E-state index contributed by atoms with van der Waals surface area (Å²) in [7, 11) is -3.46. The zero-order valence-corrected chi connectivity index (χ0v) is 18.4. The molecule has 4 rings (SSSR count). The van der Waals surface area contributed by atoms with Crippen LogP contribution in [0.15, 0.2) is 52.3 Å². The fourth-order valence-electron chi connectivity index (χ4n) is 3.83. The lowest BCUT2D eigenvalue weighted by Crippen LogP contribution is -2.35. The molecule has 0 N–H and O–H groups in total. The van der Waals surface area contributed by atoms with E-state index in [-0.39, 0.29) is 5.91 Å². The lowest BCUT2D eigenvalue weighted by Gasteiger charge is -2.26. The van der Waals surface area contributed by atoms with Crippen LogP contribution >= 0.6 is 23.4 Å². The van der Waals surface area contributed by atoms with Crippen molar-refractivity contribution in [3.63, 3.8) is 0 Å². The van der Waals surface area contributed by atoms with Gasteiger partial charge in [0.1, 0.15) is 0 Å². The third-order valence-electron chi connectivity index (χ3n) is 5.36. The van der Waals surface area contributed by atoms with Gasteiger partial charge < -0.3 is 4.90 Å². The molecule has 1 saturated heterocycles. The minimum atomic E-state index is -3.46. The number of carbonyl (C=O) groups is 1. The second-order valence-electron chi connectivity index (χ2n) is 7.30. The van der Waals surface area contributed by atoms with Gasteiger partial charge in [-0.25, -0.2) is 8.42 Å². The van der Waals surface area contributed by atoms with Crippen LogP contribution in [-0.2, 0) is 21.2 Å². The molecule has 0 unspecified atom stereocenters. The molecule has 2 aliphatic rings. The van der Waals surface area contributed by atoms with Gasteiger partial charge in [0, 0.05) is 35.2 Å². The number of rotatable bonds is 5. The van der Waals surface area contributed by atoms with E-state index in [2.05, 4.69) is 0 Å². The maximum atomic E-state index is 12.9. The molecular formula is C21H23ClN2O3S2. The van der Waals surface area contributed by atoms with Crippen LogP contribution in [0.3, 0.4) is 0 Å². The number of piperidine rings is 1. The molecule has 8 heteroatoms. The fraction of sp³-hybridized carbons (Fsp3) is 0.381. The van der Waals surface area contributed by atoms with Gasteiger partial charge in [-0.2, -0.15) is 4.31 Å². The Morgan fingerprint density at radius 1 is 1.03 bits per heavy atom. The van der Waals surface area contributed by atoms with Gasteiger partial charge in [-0.15, -0.1) is 11.8 Å². The number of fused-ring (bicyclic) bond motifs is 1. The predicted molar refractivity (Wildman–Crippen MR) is 117 cm³/mol. The van der Waals surface area contributed by atoms with Gasteiger partial charge >= 0.3 is 0 Å². The van der Waals surface area contributed by atoms with Crippen LogP contribution < -0.4 is 4.90 Å². The highest BCUT2D eigenvalue weighted by Gasteiger charge is 2.30. The highest BCUT2D eigenvalue weighted by atomic mass is 35.5. The lowest BCUT2D eigenvalue weighted by atomic mass is 10.2. The Balaban J connectivity index is 1.47. The normalized spacial score (nSPS) is 17.3. The molecule has 1 amide bonds. The third-order valence-corrected chi connectivity index (χ3v) is 8.47. The average Bonchev–Trinajstić information content (AvgIpc) is 3.16. The summed E-state index contributed by atoms with van der Waals surface area (Å²) in [6.07, 6.45) is 3.58. The fourth-order valence-corrected chi connectivity index (χ4v) is 6.49. The molecule has 0 aromatic heterocycles. The Bertz CT molecular complexity index is 1020.